The third kappa shape index (κ3) is 5.63. The van der Waals surface area contributed by atoms with Gasteiger partial charge in [0.15, 0.2) is 0 Å². The predicted octanol–water partition coefficient (Wildman–Crippen LogP) is 4.96. The normalized spacial score (nSPS) is 10.1. The first-order chi connectivity index (χ1) is 12.8. The summed E-state index contributed by atoms with van der Waals surface area (Å²) < 4.78 is 15.0. The van der Waals surface area contributed by atoms with Crippen LogP contribution >= 0.6 is 34.8 Å². The molecule has 27 heavy (non-hydrogen) atoms. The zero-order valence-corrected chi connectivity index (χ0v) is 16.7. The van der Waals surface area contributed by atoms with Crippen molar-refractivity contribution in [3.8, 4) is 5.75 Å². The van der Waals surface area contributed by atoms with Gasteiger partial charge in [0.1, 0.15) is 17.9 Å². The zero-order chi connectivity index (χ0) is 20.0. The summed E-state index contributed by atoms with van der Waals surface area (Å²) in [4.78, 5) is 23.8. The Kier molecular flexibility index (Phi) is 7.54. The first-order valence-corrected chi connectivity index (χ1v) is 8.73. The molecule has 0 saturated carbocycles. The molecule has 0 aliphatic carbocycles. The molecule has 0 bridgehead atoms. The summed E-state index contributed by atoms with van der Waals surface area (Å²) in [7, 11) is 2.31. The number of ether oxygens (including phenoxy) is 3. The number of esters is 2. The van der Waals surface area contributed by atoms with Gasteiger partial charge in [0.05, 0.1) is 19.2 Å². The second kappa shape index (κ2) is 9.65. The van der Waals surface area contributed by atoms with Crippen molar-refractivity contribution in [1.29, 1.82) is 0 Å². The average Bonchev–Trinajstić information content (AvgIpc) is 2.64. The summed E-state index contributed by atoms with van der Waals surface area (Å²) in [5.41, 5.74) is 0.802. The third-order valence-corrected chi connectivity index (χ3v) is 4.15. The van der Waals surface area contributed by atoms with Crippen LogP contribution in [0, 0.1) is 0 Å². The van der Waals surface area contributed by atoms with Crippen molar-refractivity contribution in [1.82, 2.24) is 0 Å². The van der Waals surface area contributed by atoms with Crippen LogP contribution < -0.4 is 4.74 Å². The van der Waals surface area contributed by atoms with Gasteiger partial charge in [-0.3, -0.25) is 0 Å². The van der Waals surface area contributed by atoms with Gasteiger partial charge in [-0.25, -0.2) is 9.59 Å². The fourth-order valence-corrected chi connectivity index (χ4v) is 2.98. The minimum absolute atomic E-state index is 0.161. The van der Waals surface area contributed by atoms with Crippen molar-refractivity contribution in [2.45, 2.75) is 6.61 Å². The van der Waals surface area contributed by atoms with Crippen LogP contribution in [0.15, 0.2) is 42.0 Å². The molecule has 2 rings (SSSR count). The van der Waals surface area contributed by atoms with Crippen LogP contribution in [-0.2, 0) is 25.7 Å². The highest BCUT2D eigenvalue weighted by molar-refractivity contribution is 6.36. The Hall–Kier alpha value is -2.21. The van der Waals surface area contributed by atoms with E-state index in [2.05, 4.69) is 9.47 Å². The lowest BCUT2D eigenvalue weighted by molar-refractivity contribution is -0.143. The van der Waals surface area contributed by atoms with Gasteiger partial charge in [-0.1, -0.05) is 46.9 Å². The van der Waals surface area contributed by atoms with Crippen molar-refractivity contribution in [2.24, 2.45) is 0 Å². The van der Waals surface area contributed by atoms with Gasteiger partial charge in [0.25, 0.3) is 0 Å². The smallest absolute Gasteiger partial charge is 0.345 e. The molecule has 0 amide bonds. The van der Waals surface area contributed by atoms with Crippen molar-refractivity contribution >= 4 is 52.8 Å². The number of hydrogen-bond acceptors (Lipinski definition) is 5. The number of benzene rings is 2. The Bertz CT molecular complexity index is 875. The van der Waals surface area contributed by atoms with Gasteiger partial charge < -0.3 is 14.2 Å². The van der Waals surface area contributed by atoms with Crippen molar-refractivity contribution in [3.05, 3.63) is 68.2 Å². The molecule has 0 aliphatic rings. The standard InChI is InChI=1S/C19H15Cl3O5/c1-25-18(23)15(19(24)26-2)8-12-7-14(21)9-16(22)17(12)27-10-11-4-3-5-13(20)6-11/h3-9H,10H2,1-2H3. The molecule has 2 aromatic carbocycles. The van der Waals surface area contributed by atoms with E-state index < -0.39 is 11.9 Å². The van der Waals surface area contributed by atoms with E-state index in [0.717, 1.165) is 19.8 Å². The van der Waals surface area contributed by atoms with Crippen molar-refractivity contribution in [3.63, 3.8) is 0 Å². The lowest BCUT2D eigenvalue weighted by Crippen LogP contribution is -2.15. The summed E-state index contributed by atoms with van der Waals surface area (Å²) in [5.74, 6) is -1.48. The summed E-state index contributed by atoms with van der Waals surface area (Å²) >= 11 is 18.3. The average molecular weight is 430 g/mol. The van der Waals surface area contributed by atoms with Crippen LogP contribution in [0.25, 0.3) is 6.08 Å². The van der Waals surface area contributed by atoms with E-state index >= 15 is 0 Å². The Balaban J connectivity index is 2.44. The minimum Gasteiger partial charge on any atom is -0.487 e. The van der Waals surface area contributed by atoms with Gasteiger partial charge in [0, 0.05) is 15.6 Å². The summed E-state index contributed by atoms with van der Waals surface area (Å²) in [6.07, 6.45) is 1.25. The number of halogens is 3. The minimum atomic E-state index is -0.862. The van der Waals surface area contributed by atoms with Gasteiger partial charge in [-0.05, 0) is 35.9 Å². The second-order valence-electron chi connectivity index (χ2n) is 5.27. The molecular formula is C19H15Cl3O5. The maximum Gasteiger partial charge on any atom is 0.345 e. The maximum absolute atomic E-state index is 11.9. The van der Waals surface area contributed by atoms with E-state index in [4.69, 9.17) is 39.5 Å². The van der Waals surface area contributed by atoms with Gasteiger partial charge in [0.2, 0.25) is 0 Å². The molecule has 0 aromatic heterocycles. The quantitative estimate of drug-likeness (QED) is 0.281. The molecule has 5 nitrogen and oxygen atoms in total. The largest absolute Gasteiger partial charge is 0.487 e. The number of hydrogen-bond donors (Lipinski definition) is 0. The first-order valence-electron chi connectivity index (χ1n) is 7.60. The molecule has 0 saturated heterocycles. The Morgan fingerprint density at radius 2 is 1.63 bits per heavy atom. The molecule has 0 radical (unpaired) electrons. The fourth-order valence-electron chi connectivity index (χ4n) is 2.20. The highest BCUT2D eigenvalue weighted by atomic mass is 35.5. The van der Waals surface area contributed by atoms with E-state index in [-0.39, 0.29) is 23.0 Å². The molecule has 0 aliphatic heterocycles. The Labute approximate surface area is 171 Å². The molecule has 0 atom stereocenters. The van der Waals surface area contributed by atoms with E-state index in [1.807, 2.05) is 6.07 Å². The first kappa shape index (κ1) is 21.1. The molecule has 0 N–H and O–H groups in total. The number of carbonyl (C=O) groups excluding carboxylic acids is 2. The summed E-state index contributed by atoms with van der Waals surface area (Å²) in [6, 6.07) is 10.1. The topological polar surface area (TPSA) is 61.8 Å². The Morgan fingerprint density at radius 1 is 0.963 bits per heavy atom. The monoisotopic (exact) mass is 428 g/mol. The van der Waals surface area contributed by atoms with Gasteiger partial charge >= 0.3 is 11.9 Å². The summed E-state index contributed by atoms with van der Waals surface area (Å²) in [5, 5.41) is 1.08. The molecular weight excluding hydrogens is 415 g/mol. The van der Waals surface area contributed by atoms with Crippen LogP contribution in [0.2, 0.25) is 15.1 Å². The third-order valence-electron chi connectivity index (χ3n) is 3.42. The summed E-state index contributed by atoms with van der Waals surface area (Å²) in [6.45, 7) is 0.161. The SMILES string of the molecule is COC(=O)C(=Cc1cc(Cl)cc(Cl)c1OCc1cccc(Cl)c1)C(=O)OC. The van der Waals surface area contributed by atoms with E-state index in [0.29, 0.717) is 15.6 Å². The van der Waals surface area contributed by atoms with Crippen molar-refractivity contribution in [2.75, 3.05) is 14.2 Å². The molecule has 142 valence electrons. The van der Waals surface area contributed by atoms with E-state index in [1.165, 1.54) is 18.2 Å². The fraction of sp³-hybridized carbons (Fsp3) is 0.158. The number of methoxy groups -OCH3 is 2. The van der Waals surface area contributed by atoms with Crippen LogP contribution in [0.5, 0.6) is 5.75 Å². The molecule has 8 heteroatoms. The highest BCUT2D eigenvalue weighted by Crippen LogP contribution is 2.35. The predicted molar refractivity (Wildman–Crippen MR) is 104 cm³/mol. The second-order valence-corrected chi connectivity index (χ2v) is 6.55. The molecule has 0 unspecified atom stereocenters. The molecule has 0 heterocycles. The van der Waals surface area contributed by atoms with E-state index in [9.17, 15) is 9.59 Å². The lowest BCUT2D eigenvalue weighted by Gasteiger charge is -2.13. The zero-order valence-electron chi connectivity index (χ0n) is 14.4. The Morgan fingerprint density at radius 3 is 2.22 bits per heavy atom. The number of rotatable bonds is 6. The van der Waals surface area contributed by atoms with Gasteiger partial charge in [-0.15, -0.1) is 0 Å². The van der Waals surface area contributed by atoms with Crippen LogP contribution in [0.3, 0.4) is 0 Å². The molecule has 0 fully saturated rings. The van der Waals surface area contributed by atoms with Crippen LogP contribution in [-0.4, -0.2) is 26.2 Å². The molecule has 0 spiro atoms. The highest BCUT2D eigenvalue weighted by Gasteiger charge is 2.21. The van der Waals surface area contributed by atoms with Crippen LogP contribution in [0.4, 0.5) is 0 Å². The lowest BCUT2D eigenvalue weighted by atomic mass is 10.1. The van der Waals surface area contributed by atoms with E-state index in [1.54, 1.807) is 18.2 Å². The van der Waals surface area contributed by atoms with Gasteiger partial charge in [-0.2, -0.15) is 0 Å². The van der Waals surface area contributed by atoms with Crippen molar-refractivity contribution < 1.29 is 23.8 Å². The molecule has 2 aromatic rings. The number of carbonyl (C=O) groups is 2. The maximum atomic E-state index is 11.9. The van der Waals surface area contributed by atoms with Crippen LogP contribution in [0.1, 0.15) is 11.1 Å².